The average molecular weight is 315 g/mol. The summed E-state index contributed by atoms with van der Waals surface area (Å²) in [7, 11) is 3.35. The minimum atomic E-state index is -0.741. The first-order valence-electron chi connectivity index (χ1n) is 6.13. The molecule has 0 aliphatic rings. The van der Waals surface area contributed by atoms with Crippen molar-refractivity contribution >= 4 is 23.2 Å². The van der Waals surface area contributed by atoms with Crippen LogP contribution in [-0.4, -0.2) is 22.0 Å². The molecule has 1 aromatic carbocycles. The number of hydrogen-bond donors (Lipinski definition) is 1. The van der Waals surface area contributed by atoms with Crippen molar-refractivity contribution < 1.29 is 9.84 Å². The van der Waals surface area contributed by atoms with Crippen LogP contribution in [0.1, 0.15) is 23.1 Å². The van der Waals surface area contributed by atoms with Crippen LogP contribution >= 0.6 is 23.2 Å². The molecule has 0 amide bonds. The number of halogens is 2. The molecule has 0 saturated heterocycles. The molecule has 2 aromatic rings. The number of benzene rings is 1. The molecule has 2 rings (SSSR count). The van der Waals surface area contributed by atoms with Gasteiger partial charge in [0.05, 0.1) is 29.6 Å². The van der Waals surface area contributed by atoms with Gasteiger partial charge in [0.15, 0.2) is 0 Å². The molecule has 6 heteroatoms. The van der Waals surface area contributed by atoms with E-state index in [4.69, 9.17) is 27.9 Å². The Bertz CT molecular complexity index is 626. The summed E-state index contributed by atoms with van der Waals surface area (Å²) in [4.78, 5) is 0. The van der Waals surface area contributed by atoms with Crippen molar-refractivity contribution in [2.45, 2.75) is 19.4 Å². The second-order valence-electron chi connectivity index (χ2n) is 4.58. The smallest absolute Gasteiger partial charge is 0.126 e. The van der Waals surface area contributed by atoms with E-state index in [1.54, 1.807) is 37.0 Å². The lowest BCUT2D eigenvalue weighted by atomic mass is 10.0. The van der Waals surface area contributed by atoms with Crippen LogP contribution in [0.5, 0.6) is 5.75 Å². The van der Waals surface area contributed by atoms with Gasteiger partial charge >= 0.3 is 0 Å². The number of aryl methyl sites for hydroxylation is 2. The largest absolute Gasteiger partial charge is 0.496 e. The van der Waals surface area contributed by atoms with Gasteiger partial charge in [-0.1, -0.05) is 29.3 Å². The molecular weight excluding hydrogens is 299 g/mol. The predicted octanol–water partition coefficient (Wildman–Crippen LogP) is 3.32. The Morgan fingerprint density at radius 3 is 2.65 bits per heavy atom. The van der Waals surface area contributed by atoms with Crippen LogP contribution < -0.4 is 4.74 Å². The zero-order valence-electron chi connectivity index (χ0n) is 11.5. The highest BCUT2D eigenvalue weighted by Gasteiger charge is 2.19. The van der Waals surface area contributed by atoms with Crippen molar-refractivity contribution in [1.82, 2.24) is 9.78 Å². The van der Waals surface area contributed by atoms with E-state index in [-0.39, 0.29) is 0 Å². The van der Waals surface area contributed by atoms with Gasteiger partial charge in [0, 0.05) is 24.1 Å². The van der Waals surface area contributed by atoms with Gasteiger partial charge in [0.25, 0.3) is 0 Å². The third-order valence-electron chi connectivity index (χ3n) is 3.20. The van der Waals surface area contributed by atoms with Crippen LogP contribution in [0.4, 0.5) is 0 Å². The number of rotatable bonds is 4. The van der Waals surface area contributed by atoms with Gasteiger partial charge in [0.2, 0.25) is 0 Å². The minimum absolute atomic E-state index is 0.355. The van der Waals surface area contributed by atoms with Crippen molar-refractivity contribution in [3.8, 4) is 5.75 Å². The Morgan fingerprint density at radius 2 is 2.10 bits per heavy atom. The van der Waals surface area contributed by atoms with Gasteiger partial charge < -0.3 is 9.84 Å². The Kier molecular flexibility index (Phi) is 4.58. The summed E-state index contributed by atoms with van der Waals surface area (Å²) >= 11 is 12.1. The van der Waals surface area contributed by atoms with E-state index in [0.717, 1.165) is 11.4 Å². The second kappa shape index (κ2) is 6.04. The Morgan fingerprint density at radius 1 is 1.40 bits per heavy atom. The van der Waals surface area contributed by atoms with Gasteiger partial charge in [-0.3, -0.25) is 4.68 Å². The van der Waals surface area contributed by atoms with Crippen molar-refractivity contribution in [2.24, 2.45) is 7.05 Å². The van der Waals surface area contributed by atoms with Crippen LogP contribution in [0.15, 0.2) is 18.2 Å². The first kappa shape index (κ1) is 15.2. The van der Waals surface area contributed by atoms with E-state index in [0.29, 0.717) is 27.8 Å². The fraction of sp³-hybridized carbons (Fsp3) is 0.357. The third-order valence-corrected chi connectivity index (χ3v) is 3.93. The predicted molar refractivity (Wildman–Crippen MR) is 79.6 cm³/mol. The summed E-state index contributed by atoms with van der Waals surface area (Å²) in [5, 5.41) is 15.8. The molecule has 0 bridgehead atoms. The molecule has 1 aromatic heterocycles. The zero-order valence-corrected chi connectivity index (χ0v) is 13.0. The number of ether oxygens (including phenoxy) is 1. The standard InChI is InChI=1S/C14H16Cl2N2O2/c1-8-14(16)11(18(2)17-8)7-12(19)10-5-4-9(15)6-13(10)20-3/h4-6,12,19H,7H2,1-3H3. The van der Waals surface area contributed by atoms with Gasteiger partial charge in [-0.05, 0) is 19.1 Å². The van der Waals surface area contributed by atoms with E-state index in [1.807, 2.05) is 6.92 Å². The van der Waals surface area contributed by atoms with E-state index in [1.165, 1.54) is 0 Å². The minimum Gasteiger partial charge on any atom is -0.496 e. The molecule has 4 nitrogen and oxygen atoms in total. The molecule has 20 heavy (non-hydrogen) atoms. The molecule has 1 atom stereocenters. The Hall–Kier alpha value is -1.23. The molecule has 1 heterocycles. The number of methoxy groups -OCH3 is 1. The maximum absolute atomic E-state index is 10.4. The average Bonchev–Trinajstić information content (AvgIpc) is 2.65. The highest BCUT2D eigenvalue weighted by Crippen LogP contribution is 2.32. The second-order valence-corrected chi connectivity index (χ2v) is 5.39. The van der Waals surface area contributed by atoms with Crippen molar-refractivity contribution in [1.29, 1.82) is 0 Å². The van der Waals surface area contributed by atoms with Crippen molar-refractivity contribution in [3.63, 3.8) is 0 Å². The number of aliphatic hydroxyl groups excluding tert-OH is 1. The van der Waals surface area contributed by atoms with E-state index >= 15 is 0 Å². The molecule has 1 N–H and O–H groups in total. The van der Waals surface area contributed by atoms with E-state index in [9.17, 15) is 5.11 Å². The molecule has 0 aliphatic carbocycles. The summed E-state index contributed by atoms with van der Waals surface area (Å²) in [6.45, 7) is 1.83. The highest BCUT2D eigenvalue weighted by molar-refractivity contribution is 6.32. The van der Waals surface area contributed by atoms with Crippen LogP contribution in [0, 0.1) is 6.92 Å². The summed E-state index contributed by atoms with van der Waals surface area (Å²) in [6, 6.07) is 5.15. The normalized spacial score (nSPS) is 12.5. The Balaban J connectivity index is 2.30. The summed E-state index contributed by atoms with van der Waals surface area (Å²) in [5.41, 5.74) is 2.21. The number of nitrogens with zero attached hydrogens (tertiary/aromatic N) is 2. The molecule has 0 aliphatic heterocycles. The lowest BCUT2D eigenvalue weighted by Crippen LogP contribution is -2.08. The van der Waals surface area contributed by atoms with Crippen molar-refractivity contribution in [2.75, 3.05) is 7.11 Å². The summed E-state index contributed by atoms with van der Waals surface area (Å²) in [6.07, 6.45) is -0.386. The maximum Gasteiger partial charge on any atom is 0.126 e. The molecule has 0 saturated carbocycles. The Labute approximate surface area is 127 Å². The molecule has 0 spiro atoms. The van der Waals surface area contributed by atoms with Gasteiger partial charge in [0.1, 0.15) is 5.75 Å². The highest BCUT2D eigenvalue weighted by atomic mass is 35.5. The lowest BCUT2D eigenvalue weighted by Gasteiger charge is -2.15. The lowest BCUT2D eigenvalue weighted by molar-refractivity contribution is 0.171. The molecule has 108 valence electrons. The molecule has 1 unspecified atom stereocenters. The van der Waals surface area contributed by atoms with Crippen LogP contribution in [0.2, 0.25) is 10.0 Å². The molecular formula is C14H16Cl2N2O2. The van der Waals surface area contributed by atoms with Gasteiger partial charge in [-0.25, -0.2) is 0 Å². The fourth-order valence-corrected chi connectivity index (χ4v) is 2.55. The topological polar surface area (TPSA) is 47.3 Å². The fourth-order valence-electron chi connectivity index (χ4n) is 2.16. The monoisotopic (exact) mass is 314 g/mol. The molecule has 0 radical (unpaired) electrons. The zero-order chi connectivity index (χ0) is 14.9. The summed E-state index contributed by atoms with van der Waals surface area (Å²) < 4.78 is 6.93. The van der Waals surface area contributed by atoms with Crippen LogP contribution in [0.25, 0.3) is 0 Å². The number of aromatic nitrogens is 2. The third kappa shape index (κ3) is 2.92. The van der Waals surface area contributed by atoms with Crippen LogP contribution in [-0.2, 0) is 13.5 Å². The van der Waals surface area contributed by atoms with Crippen LogP contribution in [0.3, 0.4) is 0 Å². The molecule has 0 fully saturated rings. The number of aliphatic hydroxyl groups is 1. The van der Waals surface area contributed by atoms with E-state index < -0.39 is 6.10 Å². The first-order chi connectivity index (χ1) is 9.43. The summed E-state index contributed by atoms with van der Waals surface area (Å²) in [5.74, 6) is 0.556. The van der Waals surface area contributed by atoms with E-state index in [2.05, 4.69) is 5.10 Å². The quantitative estimate of drug-likeness (QED) is 0.941. The SMILES string of the molecule is COc1cc(Cl)ccc1C(O)Cc1c(Cl)c(C)nn1C. The maximum atomic E-state index is 10.4. The van der Waals surface area contributed by atoms with Gasteiger partial charge in [-0.15, -0.1) is 0 Å². The first-order valence-corrected chi connectivity index (χ1v) is 6.89. The number of hydrogen-bond acceptors (Lipinski definition) is 3. The van der Waals surface area contributed by atoms with Gasteiger partial charge in [-0.2, -0.15) is 5.10 Å². The van der Waals surface area contributed by atoms with Crippen molar-refractivity contribution in [3.05, 3.63) is 45.2 Å².